The van der Waals surface area contributed by atoms with Gasteiger partial charge in [-0.05, 0) is 50.5 Å². The Balaban J connectivity index is 1.23. The molecule has 1 aliphatic rings. The third kappa shape index (κ3) is 6.28. The molecule has 222 valence electrons. The lowest BCUT2D eigenvalue weighted by Crippen LogP contribution is -2.66. The smallest absolute Gasteiger partial charge is 0.407 e. The van der Waals surface area contributed by atoms with Crippen molar-refractivity contribution in [1.29, 1.82) is 0 Å². The van der Waals surface area contributed by atoms with Crippen molar-refractivity contribution in [3.63, 3.8) is 0 Å². The molecule has 5 rings (SSSR count). The van der Waals surface area contributed by atoms with Gasteiger partial charge in [-0.3, -0.25) is 0 Å². The van der Waals surface area contributed by atoms with Gasteiger partial charge in [0.25, 0.3) is 8.32 Å². The molecule has 0 saturated carbocycles. The van der Waals surface area contributed by atoms with E-state index < -0.39 is 26.4 Å². The molecule has 4 aromatic carbocycles. The topological polar surface area (TPSA) is 84.9 Å². The van der Waals surface area contributed by atoms with Gasteiger partial charge in [-0.2, -0.15) is 0 Å². The van der Waals surface area contributed by atoms with Gasteiger partial charge in [0.1, 0.15) is 12.6 Å². The summed E-state index contributed by atoms with van der Waals surface area (Å²) in [5.41, 5.74) is 4.48. The summed E-state index contributed by atoms with van der Waals surface area (Å²) < 4.78 is 12.5. The molecule has 7 heteroatoms. The molecule has 0 radical (unpaired) electrons. The van der Waals surface area contributed by atoms with Gasteiger partial charge in [-0.1, -0.05) is 130 Å². The van der Waals surface area contributed by atoms with Crippen molar-refractivity contribution in [2.24, 2.45) is 0 Å². The maximum absolute atomic E-state index is 12.8. The number of fused-ring (bicyclic) bond motifs is 3. The third-order valence-corrected chi connectivity index (χ3v) is 13.3. The number of carboxylic acid groups (broad SMARTS) is 1. The van der Waals surface area contributed by atoms with Gasteiger partial charge in [-0.25, -0.2) is 9.59 Å². The highest BCUT2D eigenvalue weighted by Gasteiger charge is 2.50. The molecule has 0 aromatic heterocycles. The van der Waals surface area contributed by atoms with Crippen LogP contribution in [0.1, 0.15) is 50.7 Å². The van der Waals surface area contributed by atoms with Crippen LogP contribution >= 0.6 is 0 Å². The number of nitrogens with one attached hydrogen (secondary N) is 1. The number of carboxylic acids is 1. The first-order chi connectivity index (χ1) is 20.7. The first-order valence-electron chi connectivity index (χ1n) is 14.8. The molecule has 2 N–H and O–H groups in total. The fourth-order valence-corrected chi connectivity index (χ4v) is 10.9. The van der Waals surface area contributed by atoms with Crippen molar-refractivity contribution in [1.82, 2.24) is 5.32 Å². The van der Waals surface area contributed by atoms with Crippen LogP contribution in [0, 0.1) is 0 Å². The van der Waals surface area contributed by atoms with Crippen molar-refractivity contribution in [2.45, 2.75) is 50.6 Å². The number of benzene rings is 4. The number of aliphatic carboxylic acids is 1. The molecule has 0 spiro atoms. The van der Waals surface area contributed by atoms with Gasteiger partial charge in [0.05, 0.1) is 0 Å². The Bertz CT molecular complexity index is 1470. The highest BCUT2D eigenvalue weighted by Crippen LogP contribution is 2.44. The van der Waals surface area contributed by atoms with Crippen molar-refractivity contribution >= 4 is 30.8 Å². The molecule has 43 heavy (non-hydrogen) atoms. The van der Waals surface area contributed by atoms with Crippen LogP contribution in [0.2, 0.25) is 5.04 Å². The van der Waals surface area contributed by atoms with Gasteiger partial charge >= 0.3 is 12.1 Å². The second kappa shape index (κ2) is 13.0. The van der Waals surface area contributed by atoms with E-state index in [2.05, 4.69) is 62.5 Å². The molecule has 6 nitrogen and oxygen atoms in total. The van der Waals surface area contributed by atoms with E-state index in [1.165, 1.54) is 10.4 Å². The first-order valence-corrected chi connectivity index (χ1v) is 16.7. The van der Waals surface area contributed by atoms with Crippen LogP contribution in [0.5, 0.6) is 0 Å². The molecule has 1 atom stereocenters. The molecule has 0 aliphatic heterocycles. The summed E-state index contributed by atoms with van der Waals surface area (Å²) in [4.78, 5) is 24.9. The van der Waals surface area contributed by atoms with Crippen LogP contribution in [0.3, 0.4) is 0 Å². The Hall–Kier alpha value is -4.20. The lowest BCUT2D eigenvalue weighted by Gasteiger charge is -2.43. The summed E-state index contributed by atoms with van der Waals surface area (Å²) in [6, 6.07) is 35.8. The van der Waals surface area contributed by atoms with E-state index in [1.807, 2.05) is 72.8 Å². The number of hydrogen-bond donors (Lipinski definition) is 2. The van der Waals surface area contributed by atoms with Crippen molar-refractivity contribution in [3.8, 4) is 11.1 Å². The second-order valence-electron chi connectivity index (χ2n) is 12.0. The van der Waals surface area contributed by atoms with Crippen LogP contribution in [0.15, 0.2) is 109 Å². The number of carbonyl (C=O) groups excluding carboxylic acids is 1. The van der Waals surface area contributed by atoms with Gasteiger partial charge in [-0.15, -0.1) is 0 Å². The summed E-state index contributed by atoms with van der Waals surface area (Å²) in [5, 5.41) is 14.6. The standard InChI is InChI=1S/C36H39NO5Si/c1-36(2,3)43(26-15-6-4-7-16-26,27-17-8-5-9-18-27)42-24-14-23-33(34(38)39)37-35(40)41-25-32-30-21-12-10-19-28(30)29-20-11-13-22-31(29)32/h4-13,15-22,32-33H,14,23-25H2,1-3H3,(H,37,40)(H,38,39). The van der Waals surface area contributed by atoms with Crippen LogP contribution in [-0.2, 0) is 14.0 Å². The average molecular weight is 594 g/mol. The number of hydrogen-bond acceptors (Lipinski definition) is 4. The summed E-state index contributed by atoms with van der Waals surface area (Å²) in [6.45, 7) is 7.11. The van der Waals surface area contributed by atoms with Crippen LogP contribution < -0.4 is 15.7 Å². The fourth-order valence-electron chi connectivity index (χ4n) is 6.31. The van der Waals surface area contributed by atoms with E-state index in [0.29, 0.717) is 13.0 Å². The van der Waals surface area contributed by atoms with Crippen molar-refractivity contribution in [3.05, 3.63) is 120 Å². The van der Waals surface area contributed by atoms with Gasteiger partial charge in [0.2, 0.25) is 0 Å². The summed E-state index contributed by atoms with van der Waals surface area (Å²) in [6.07, 6.45) is -0.0507. The van der Waals surface area contributed by atoms with Gasteiger partial charge in [0, 0.05) is 12.5 Å². The minimum Gasteiger partial charge on any atom is -0.480 e. The highest BCUT2D eigenvalue weighted by atomic mass is 28.4. The van der Waals surface area contributed by atoms with Crippen LogP contribution in [0.4, 0.5) is 4.79 Å². The molecule has 0 heterocycles. The van der Waals surface area contributed by atoms with Crippen LogP contribution in [-0.4, -0.2) is 44.7 Å². The second-order valence-corrected chi connectivity index (χ2v) is 16.3. The molecular formula is C36H39NO5Si. The van der Waals surface area contributed by atoms with Gasteiger partial charge < -0.3 is 19.6 Å². The molecular weight excluding hydrogens is 554 g/mol. The number of ether oxygens (including phenoxy) is 1. The van der Waals surface area contributed by atoms with E-state index in [9.17, 15) is 14.7 Å². The van der Waals surface area contributed by atoms with Crippen molar-refractivity contribution in [2.75, 3.05) is 13.2 Å². The predicted octanol–water partition coefficient (Wildman–Crippen LogP) is 6.34. The SMILES string of the molecule is CC(C)(C)[Si](OCCCC(NC(=O)OCC1c2ccccc2-c2ccccc21)C(=O)O)(c1ccccc1)c1ccccc1. The third-order valence-electron chi connectivity index (χ3n) is 8.31. The minimum atomic E-state index is -2.73. The number of alkyl carbamates (subject to hydrolysis) is 1. The quantitative estimate of drug-likeness (QED) is 0.157. The largest absolute Gasteiger partial charge is 0.480 e. The van der Waals surface area contributed by atoms with E-state index in [-0.39, 0.29) is 24.0 Å². The summed E-state index contributed by atoms with van der Waals surface area (Å²) >= 11 is 0. The summed E-state index contributed by atoms with van der Waals surface area (Å²) in [5.74, 6) is -1.19. The molecule has 0 bridgehead atoms. The minimum absolute atomic E-state index is 0.0960. The summed E-state index contributed by atoms with van der Waals surface area (Å²) in [7, 11) is -2.73. The maximum atomic E-state index is 12.8. The predicted molar refractivity (Wildman–Crippen MR) is 172 cm³/mol. The molecule has 1 aliphatic carbocycles. The van der Waals surface area contributed by atoms with Crippen LogP contribution in [0.25, 0.3) is 11.1 Å². The Morgan fingerprint density at radius 1 is 0.791 bits per heavy atom. The van der Waals surface area contributed by atoms with E-state index in [4.69, 9.17) is 9.16 Å². The van der Waals surface area contributed by atoms with E-state index in [1.54, 1.807) is 0 Å². The maximum Gasteiger partial charge on any atom is 0.407 e. The zero-order chi connectivity index (χ0) is 30.5. The van der Waals surface area contributed by atoms with Gasteiger partial charge in [0.15, 0.2) is 0 Å². The number of carbonyl (C=O) groups is 2. The first kappa shape index (κ1) is 30.3. The lowest BCUT2D eigenvalue weighted by atomic mass is 9.98. The average Bonchev–Trinajstić information content (AvgIpc) is 3.33. The molecule has 0 saturated heterocycles. The zero-order valence-electron chi connectivity index (χ0n) is 25.0. The van der Waals surface area contributed by atoms with Crippen molar-refractivity contribution < 1.29 is 23.9 Å². The number of amides is 1. The fraction of sp³-hybridized carbons (Fsp3) is 0.278. The Kier molecular flexibility index (Phi) is 9.13. The van der Waals surface area contributed by atoms with E-state index >= 15 is 0 Å². The molecule has 1 unspecified atom stereocenters. The Morgan fingerprint density at radius 2 is 1.28 bits per heavy atom. The zero-order valence-corrected chi connectivity index (χ0v) is 26.0. The molecule has 1 amide bonds. The molecule has 4 aromatic rings. The van der Waals surface area contributed by atoms with E-state index in [0.717, 1.165) is 22.3 Å². The highest BCUT2D eigenvalue weighted by molar-refractivity contribution is 6.99. The normalized spacial score (nSPS) is 13.6. The molecule has 0 fully saturated rings. The Labute approximate surface area is 254 Å². The monoisotopic (exact) mass is 593 g/mol. The Morgan fingerprint density at radius 3 is 1.77 bits per heavy atom. The number of rotatable bonds is 11. The lowest BCUT2D eigenvalue weighted by molar-refractivity contribution is -0.139.